The molecule has 2 aromatic carbocycles. The maximum absolute atomic E-state index is 12.4. The summed E-state index contributed by atoms with van der Waals surface area (Å²) in [6.07, 6.45) is 2.31. The number of hydrogen-bond donors (Lipinski definition) is 2. The minimum Gasteiger partial charge on any atom is -0.354 e. The van der Waals surface area contributed by atoms with Crippen molar-refractivity contribution in [3.05, 3.63) is 70.2 Å². The van der Waals surface area contributed by atoms with E-state index < -0.39 is 6.04 Å². The lowest BCUT2D eigenvalue weighted by Crippen LogP contribution is -2.49. The van der Waals surface area contributed by atoms with Gasteiger partial charge < -0.3 is 15.6 Å². The predicted molar refractivity (Wildman–Crippen MR) is 116 cm³/mol. The van der Waals surface area contributed by atoms with Crippen LogP contribution in [-0.4, -0.2) is 41.6 Å². The summed E-state index contributed by atoms with van der Waals surface area (Å²) >= 11 is 5.95. The first-order valence-electron chi connectivity index (χ1n) is 9.90. The van der Waals surface area contributed by atoms with Gasteiger partial charge in [0, 0.05) is 31.0 Å². The Morgan fingerprint density at radius 3 is 2.48 bits per heavy atom. The van der Waals surface area contributed by atoms with Crippen LogP contribution in [-0.2, 0) is 16.0 Å². The fourth-order valence-electron chi connectivity index (χ4n) is 3.50. The van der Waals surface area contributed by atoms with E-state index in [0.717, 1.165) is 12.0 Å². The second-order valence-electron chi connectivity index (χ2n) is 7.42. The van der Waals surface area contributed by atoms with E-state index in [0.29, 0.717) is 42.1 Å². The van der Waals surface area contributed by atoms with Gasteiger partial charge in [-0.3, -0.25) is 9.59 Å². The molecule has 1 heterocycles. The van der Waals surface area contributed by atoms with E-state index in [2.05, 4.69) is 5.32 Å². The number of rotatable bonds is 8. The van der Waals surface area contributed by atoms with Gasteiger partial charge in [-0.15, -0.1) is 0 Å². The van der Waals surface area contributed by atoms with E-state index in [1.54, 1.807) is 29.2 Å². The first-order valence-corrected chi connectivity index (χ1v) is 10.3. The average molecular weight is 412 g/mol. The molecule has 2 amide bonds. The molecule has 1 atom stereocenters. The van der Waals surface area contributed by atoms with Gasteiger partial charge in [-0.05, 0) is 43.0 Å². The minimum absolute atomic E-state index is 0.0302. The molecule has 6 heteroatoms. The molecule has 0 aromatic heterocycles. The van der Waals surface area contributed by atoms with Gasteiger partial charge in [-0.25, -0.2) is 0 Å². The van der Waals surface area contributed by atoms with E-state index in [1.807, 2.05) is 31.2 Å². The third-order valence-corrected chi connectivity index (χ3v) is 5.48. The Balaban J connectivity index is 1.62. The number of benzene rings is 2. The number of amides is 2. The van der Waals surface area contributed by atoms with E-state index in [4.69, 9.17) is 17.0 Å². The number of halogens is 1. The molecule has 0 radical (unpaired) electrons. The summed E-state index contributed by atoms with van der Waals surface area (Å²) in [7, 11) is 0. The zero-order chi connectivity index (χ0) is 20.8. The van der Waals surface area contributed by atoms with Crippen molar-refractivity contribution in [3.63, 3.8) is 0 Å². The summed E-state index contributed by atoms with van der Waals surface area (Å²) in [5.74, 6) is -0.0475. The van der Waals surface area contributed by atoms with Crippen LogP contribution < -0.4 is 5.32 Å². The highest BCUT2D eigenvalue weighted by molar-refractivity contribution is 6.30. The van der Waals surface area contributed by atoms with Crippen molar-refractivity contribution in [2.24, 2.45) is 0 Å². The topological polar surface area (TPSA) is 73.3 Å². The van der Waals surface area contributed by atoms with Crippen LogP contribution in [0.2, 0.25) is 5.02 Å². The van der Waals surface area contributed by atoms with Crippen molar-refractivity contribution >= 4 is 29.1 Å². The highest BCUT2D eigenvalue weighted by Gasteiger charge is 2.31. The Labute approximate surface area is 176 Å². The smallest absolute Gasteiger partial charge is 0.223 e. The molecule has 29 heavy (non-hydrogen) atoms. The molecular formula is C23H26ClN3O2. The fourth-order valence-corrected chi connectivity index (χ4v) is 3.63. The molecular weight excluding hydrogens is 386 g/mol. The van der Waals surface area contributed by atoms with Gasteiger partial charge in [0.2, 0.25) is 11.8 Å². The largest absolute Gasteiger partial charge is 0.354 e. The molecule has 0 saturated carbocycles. The molecule has 1 aliphatic rings. The van der Waals surface area contributed by atoms with Gasteiger partial charge >= 0.3 is 0 Å². The molecule has 0 aliphatic carbocycles. The summed E-state index contributed by atoms with van der Waals surface area (Å²) in [6.45, 7) is 2.88. The summed E-state index contributed by atoms with van der Waals surface area (Å²) < 4.78 is 0. The first kappa shape index (κ1) is 21.1. The molecule has 1 aliphatic heterocycles. The summed E-state index contributed by atoms with van der Waals surface area (Å²) in [6, 6.07) is 14.7. The standard InChI is InChI=1S/C23H26ClN3O2/c1-16-4-6-17(7-5-16)8-13-21(28)26-15-20(27-14-2-3-22(27)29)23(25)18-9-11-19(24)12-10-18/h4-7,9-12,20,25H,2-3,8,13-15H2,1H3,(H,26,28). The summed E-state index contributed by atoms with van der Waals surface area (Å²) in [4.78, 5) is 26.4. The average Bonchev–Trinajstić information content (AvgIpc) is 3.14. The van der Waals surface area contributed by atoms with Crippen LogP contribution >= 0.6 is 11.6 Å². The Morgan fingerprint density at radius 1 is 1.17 bits per heavy atom. The van der Waals surface area contributed by atoms with Gasteiger partial charge in [-0.2, -0.15) is 0 Å². The number of carbonyl (C=O) groups excluding carboxylic acids is 2. The predicted octanol–water partition coefficient (Wildman–Crippen LogP) is 3.76. The number of aryl methyl sites for hydroxylation is 2. The number of nitrogens with one attached hydrogen (secondary N) is 2. The monoisotopic (exact) mass is 411 g/mol. The van der Waals surface area contributed by atoms with E-state index in [9.17, 15) is 9.59 Å². The molecule has 3 rings (SSSR count). The molecule has 1 saturated heterocycles. The third-order valence-electron chi connectivity index (χ3n) is 5.23. The van der Waals surface area contributed by atoms with Crippen molar-refractivity contribution < 1.29 is 9.59 Å². The third kappa shape index (κ3) is 5.67. The maximum atomic E-state index is 12.4. The van der Waals surface area contributed by atoms with Crippen molar-refractivity contribution in [2.45, 2.75) is 38.6 Å². The molecule has 152 valence electrons. The zero-order valence-electron chi connectivity index (χ0n) is 16.6. The summed E-state index contributed by atoms with van der Waals surface area (Å²) in [5, 5.41) is 12.1. The van der Waals surface area contributed by atoms with Crippen molar-refractivity contribution in [1.82, 2.24) is 10.2 Å². The molecule has 2 N–H and O–H groups in total. The van der Waals surface area contributed by atoms with Crippen LogP contribution in [0.5, 0.6) is 0 Å². The van der Waals surface area contributed by atoms with Crippen molar-refractivity contribution in [2.75, 3.05) is 13.1 Å². The quantitative estimate of drug-likeness (QED) is 0.649. The second-order valence-corrected chi connectivity index (χ2v) is 7.85. The minimum atomic E-state index is -0.477. The maximum Gasteiger partial charge on any atom is 0.223 e. The molecule has 1 fully saturated rings. The lowest BCUT2D eigenvalue weighted by Gasteiger charge is -2.29. The first-order chi connectivity index (χ1) is 13.9. The fraction of sp³-hybridized carbons (Fsp3) is 0.348. The molecule has 0 spiro atoms. The molecule has 5 nitrogen and oxygen atoms in total. The Hall–Kier alpha value is -2.66. The van der Waals surface area contributed by atoms with E-state index >= 15 is 0 Å². The van der Waals surface area contributed by atoms with Crippen LogP contribution in [0.15, 0.2) is 48.5 Å². The second kappa shape index (κ2) is 9.70. The van der Waals surface area contributed by atoms with Crippen LogP contribution in [0, 0.1) is 12.3 Å². The van der Waals surface area contributed by atoms with E-state index in [-0.39, 0.29) is 18.4 Å². The number of carbonyl (C=O) groups is 2. The van der Waals surface area contributed by atoms with Crippen LogP contribution in [0.25, 0.3) is 0 Å². The molecule has 1 unspecified atom stereocenters. The van der Waals surface area contributed by atoms with E-state index in [1.165, 1.54) is 5.56 Å². The number of hydrogen-bond acceptors (Lipinski definition) is 3. The van der Waals surface area contributed by atoms with Crippen molar-refractivity contribution in [3.8, 4) is 0 Å². The SMILES string of the molecule is Cc1ccc(CCC(=O)NCC(C(=N)c2ccc(Cl)cc2)N2CCCC2=O)cc1. The molecule has 0 bridgehead atoms. The zero-order valence-corrected chi connectivity index (χ0v) is 17.3. The normalized spacial score (nSPS) is 14.7. The van der Waals surface area contributed by atoms with Gasteiger partial charge in [0.25, 0.3) is 0 Å². The highest BCUT2D eigenvalue weighted by atomic mass is 35.5. The summed E-state index contributed by atoms with van der Waals surface area (Å²) in [5.41, 5.74) is 3.33. The highest BCUT2D eigenvalue weighted by Crippen LogP contribution is 2.18. The van der Waals surface area contributed by atoms with Gasteiger partial charge in [0.05, 0.1) is 11.8 Å². The number of likely N-dealkylation sites (tertiary alicyclic amines) is 1. The number of nitrogens with zero attached hydrogens (tertiary/aromatic N) is 1. The lowest BCUT2D eigenvalue weighted by atomic mass is 10.0. The van der Waals surface area contributed by atoms with Crippen LogP contribution in [0.1, 0.15) is 36.0 Å². The van der Waals surface area contributed by atoms with Crippen molar-refractivity contribution in [1.29, 1.82) is 5.41 Å². The van der Waals surface area contributed by atoms with Crippen LogP contribution in [0.4, 0.5) is 0 Å². The van der Waals surface area contributed by atoms with Gasteiger partial charge in [-0.1, -0.05) is 53.6 Å². The van der Waals surface area contributed by atoms with Gasteiger partial charge in [0.1, 0.15) is 0 Å². The van der Waals surface area contributed by atoms with Gasteiger partial charge in [0.15, 0.2) is 0 Å². The lowest BCUT2D eigenvalue weighted by molar-refractivity contribution is -0.129. The Kier molecular flexibility index (Phi) is 7.04. The molecule has 2 aromatic rings. The Morgan fingerprint density at radius 2 is 1.86 bits per heavy atom. The Bertz CT molecular complexity index is 878. The van der Waals surface area contributed by atoms with Crippen LogP contribution in [0.3, 0.4) is 0 Å².